The molecule has 2 rings (SSSR count). The smallest absolute Gasteiger partial charge is 0.331 e. The van der Waals surface area contributed by atoms with E-state index in [1.165, 1.54) is 0 Å². The van der Waals surface area contributed by atoms with E-state index in [2.05, 4.69) is 5.32 Å². The van der Waals surface area contributed by atoms with Crippen LogP contribution in [0.15, 0.2) is 0 Å². The fourth-order valence-corrected chi connectivity index (χ4v) is 3.10. The number of hydrogen-bond donors (Lipinski definition) is 1. The maximum atomic E-state index is 12.4. The topological polar surface area (TPSA) is 64.6 Å². The third-order valence-electron chi connectivity index (χ3n) is 4.33. The Kier molecular flexibility index (Phi) is 5.40. The fraction of sp³-hybridized carbons (Fsp3) is 0.867. The van der Waals surface area contributed by atoms with Gasteiger partial charge in [-0.25, -0.2) is 4.79 Å². The number of carbonyl (C=O) groups excluding carboxylic acids is 2. The molecule has 5 heteroatoms. The molecule has 0 unspecified atom stereocenters. The van der Waals surface area contributed by atoms with Crippen molar-refractivity contribution in [3.63, 3.8) is 0 Å². The molecule has 1 saturated carbocycles. The molecule has 114 valence electrons. The second-order valence-electron chi connectivity index (χ2n) is 5.74. The number of rotatable bonds is 4. The predicted octanol–water partition coefficient (Wildman–Crippen LogP) is 1.80. The maximum Gasteiger partial charge on any atom is 0.331 e. The Balaban J connectivity index is 2.02. The van der Waals surface area contributed by atoms with Crippen molar-refractivity contribution in [3.8, 4) is 0 Å². The van der Waals surface area contributed by atoms with Gasteiger partial charge < -0.3 is 14.8 Å². The van der Waals surface area contributed by atoms with Gasteiger partial charge in [0.25, 0.3) is 0 Å². The van der Waals surface area contributed by atoms with E-state index in [1.807, 2.05) is 0 Å². The van der Waals surface area contributed by atoms with Crippen LogP contribution in [0.1, 0.15) is 51.9 Å². The van der Waals surface area contributed by atoms with Crippen LogP contribution in [0.5, 0.6) is 0 Å². The highest BCUT2D eigenvalue weighted by Crippen LogP contribution is 2.30. The normalized spacial score (nSPS) is 23.1. The van der Waals surface area contributed by atoms with E-state index in [-0.39, 0.29) is 17.8 Å². The maximum absolute atomic E-state index is 12.4. The van der Waals surface area contributed by atoms with Gasteiger partial charge in [-0.3, -0.25) is 4.79 Å². The minimum Gasteiger partial charge on any atom is -0.464 e. The van der Waals surface area contributed by atoms with E-state index in [9.17, 15) is 9.59 Å². The van der Waals surface area contributed by atoms with Crippen LogP contribution in [0, 0.1) is 5.92 Å². The first-order valence-electron chi connectivity index (χ1n) is 7.75. The summed E-state index contributed by atoms with van der Waals surface area (Å²) >= 11 is 0. The zero-order chi connectivity index (χ0) is 14.4. The van der Waals surface area contributed by atoms with Crippen molar-refractivity contribution in [1.82, 2.24) is 5.32 Å². The van der Waals surface area contributed by atoms with Crippen molar-refractivity contribution in [2.75, 3.05) is 19.8 Å². The minimum absolute atomic E-state index is 0.0109. The Morgan fingerprint density at radius 1 is 1.20 bits per heavy atom. The molecule has 0 radical (unpaired) electrons. The Morgan fingerprint density at radius 2 is 1.85 bits per heavy atom. The van der Waals surface area contributed by atoms with Crippen molar-refractivity contribution in [1.29, 1.82) is 0 Å². The molecular formula is C15H25NO4. The number of nitrogens with one attached hydrogen (secondary N) is 1. The predicted molar refractivity (Wildman–Crippen MR) is 74.1 cm³/mol. The summed E-state index contributed by atoms with van der Waals surface area (Å²) in [6.07, 6.45) is 5.92. The lowest BCUT2D eigenvalue weighted by atomic mass is 9.81. The quantitative estimate of drug-likeness (QED) is 0.799. The van der Waals surface area contributed by atoms with Crippen LogP contribution in [0.25, 0.3) is 0 Å². The zero-order valence-electron chi connectivity index (χ0n) is 12.3. The van der Waals surface area contributed by atoms with E-state index in [1.54, 1.807) is 6.92 Å². The molecule has 0 aromatic carbocycles. The molecule has 0 aromatic rings. The molecule has 1 N–H and O–H groups in total. The molecule has 1 amide bonds. The summed E-state index contributed by atoms with van der Waals surface area (Å²) < 4.78 is 10.5. The number of hydrogen-bond acceptors (Lipinski definition) is 4. The van der Waals surface area contributed by atoms with Crippen molar-refractivity contribution in [3.05, 3.63) is 0 Å². The summed E-state index contributed by atoms with van der Waals surface area (Å²) in [5, 5.41) is 3.02. The van der Waals surface area contributed by atoms with Gasteiger partial charge >= 0.3 is 5.97 Å². The lowest BCUT2D eigenvalue weighted by molar-refractivity contribution is -0.156. The molecule has 1 saturated heterocycles. The Hall–Kier alpha value is -1.10. The third-order valence-corrected chi connectivity index (χ3v) is 4.33. The van der Waals surface area contributed by atoms with E-state index in [0.29, 0.717) is 32.7 Å². The van der Waals surface area contributed by atoms with Crippen molar-refractivity contribution >= 4 is 11.9 Å². The summed E-state index contributed by atoms with van der Waals surface area (Å²) in [7, 11) is 0. The summed E-state index contributed by atoms with van der Waals surface area (Å²) in [5.41, 5.74) is -0.788. The van der Waals surface area contributed by atoms with Gasteiger partial charge in [0.15, 0.2) is 0 Å². The molecule has 2 fully saturated rings. The van der Waals surface area contributed by atoms with Gasteiger partial charge in [0.2, 0.25) is 5.91 Å². The van der Waals surface area contributed by atoms with Gasteiger partial charge in [0.1, 0.15) is 5.54 Å². The van der Waals surface area contributed by atoms with Crippen molar-refractivity contribution < 1.29 is 19.1 Å². The fourth-order valence-electron chi connectivity index (χ4n) is 3.10. The molecule has 1 aliphatic carbocycles. The average Bonchev–Trinajstić information content (AvgIpc) is 2.49. The Labute approximate surface area is 120 Å². The van der Waals surface area contributed by atoms with Crippen LogP contribution in [-0.4, -0.2) is 37.2 Å². The third kappa shape index (κ3) is 3.51. The number of esters is 1. The Bertz CT molecular complexity index is 344. The second-order valence-corrected chi connectivity index (χ2v) is 5.74. The van der Waals surface area contributed by atoms with Crippen LogP contribution >= 0.6 is 0 Å². The van der Waals surface area contributed by atoms with Gasteiger partial charge in [-0.15, -0.1) is 0 Å². The van der Waals surface area contributed by atoms with Gasteiger partial charge in [-0.2, -0.15) is 0 Å². The second kappa shape index (κ2) is 7.07. The molecule has 0 spiro atoms. The van der Waals surface area contributed by atoms with E-state index in [0.717, 1.165) is 32.1 Å². The SMILES string of the molecule is CCOC(=O)C1(NC(=O)C2CCOCC2)CCCCC1. The first-order valence-corrected chi connectivity index (χ1v) is 7.75. The highest BCUT2D eigenvalue weighted by Gasteiger charge is 2.43. The molecule has 20 heavy (non-hydrogen) atoms. The zero-order valence-corrected chi connectivity index (χ0v) is 12.3. The van der Waals surface area contributed by atoms with Crippen LogP contribution in [-0.2, 0) is 19.1 Å². The molecule has 1 heterocycles. The monoisotopic (exact) mass is 283 g/mol. The lowest BCUT2D eigenvalue weighted by Gasteiger charge is -2.37. The first-order chi connectivity index (χ1) is 9.68. The molecule has 0 bridgehead atoms. The van der Waals surface area contributed by atoms with Crippen molar-refractivity contribution in [2.24, 2.45) is 5.92 Å². The molecule has 1 aliphatic heterocycles. The number of amides is 1. The van der Waals surface area contributed by atoms with Gasteiger partial charge in [-0.1, -0.05) is 19.3 Å². The van der Waals surface area contributed by atoms with Crippen LogP contribution in [0.3, 0.4) is 0 Å². The summed E-state index contributed by atoms with van der Waals surface area (Å²) in [5.74, 6) is -0.305. The van der Waals surface area contributed by atoms with Crippen LogP contribution < -0.4 is 5.32 Å². The van der Waals surface area contributed by atoms with E-state index < -0.39 is 5.54 Å². The highest BCUT2D eigenvalue weighted by molar-refractivity contribution is 5.89. The van der Waals surface area contributed by atoms with Gasteiger partial charge in [-0.05, 0) is 32.6 Å². The number of carbonyl (C=O) groups is 2. The average molecular weight is 283 g/mol. The largest absolute Gasteiger partial charge is 0.464 e. The molecule has 5 nitrogen and oxygen atoms in total. The molecule has 0 atom stereocenters. The lowest BCUT2D eigenvalue weighted by Crippen LogP contribution is -2.57. The minimum atomic E-state index is -0.788. The van der Waals surface area contributed by atoms with Crippen molar-refractivity contribution in [2.45, 2.75) is 57.4 Å². The summed E-state index contributed by atoms with van der Waals surface area (Å²) in [6.45, 7) is 3.41. The standard InChI is InChI=1S/C15H25NO4/c1-2-20-14(18)15(8-4-3-5-9-15)16-13(17)12-6-10-19-11-7-12/h12H,2-11H2,1H3,(H,16,17). The van der Waals surface area contributed by atoms with Crippen LogP contribution in [0.4, 0.5) is 0 Å². The van der Waals surface area contributed by atoms with Gasteiger partial charge in [0, 0.05) is 19.1 Å². The Morgan fingerprint density at radius 3 is 2.45 bits per heavy atom. The van der Waals surface area contributed by atoms with E-state index in [4.69, 9.17) is 9.47 Å². The first kappa shape index (κ1) is 15.3. The van der Waals surface area contributed by atoms with Crippen LogP contribution in [0.2, 0.25) is 0 Å². The van der Waals surface area contributed by atoms with E-state index >= 15 is 0 Å². The van der Waals surface area contributed by atoms with Gasteiger partial charge in [0.05, 0.1) is 6.61 Å². The summed E-state index contributed by atoms with van der Waals surface area (Å²) in [4.78, 5) is 24.7. The molecular weight excluding hydrogens is 258 g/mol. The number of ether oxygens (including phenoxy) is 2. The summed E-state index contributed by atoms with van der Waals surface area (Å²) in [6, 6.07) is 0. The molecule has 2 aliphatic rings. The molecule has 0 aromatic heterocycles. The highest BCUT2D eigenvalue weighted by atomic mass is 16.5.